The van der Waals surface area contributed by atoms with Gasteiger partial charge in [-0.15, -0.1) is 0 Å². The molecule has 9 heteroatoms. The first kappa shape index (κ1) is 17.8. The molecule has 1 N–H and O–H groups in total. The van der Waals surface area contributed by atoms with Crippen LogP contribution in [0.15, 0.2) is 42.9 Å². The molecular formula is C20H14ClFN6O. The molecule has 0 aliphatic heterocycles. The van der Waals surface area contributed by atoms with Crippen molar-refractivity contribution in [3.63, 3.8) is 0 Å². The summed E-state index contributed by atoms with van der Waals surface area (Å²) in [6.07, 6.45) is 4.05. The van der Waals surface area contributed by atoms with Gasteiger partial charge in [0, 0.05) is 11.6 Å². The van der Waals surface area contributed by atoms with E-state index in [0.29, 0.717) is 46.8 Å². The largest absolute Gasteiger partial charge is 0.393 e. The second kappa shape index (κ2) is 6.65. The molecule has 1 fully saturated rings. The van der Waals surface area contributed by atoms with Crippen LogP contribution in [-0.2, 0) is 0 Å². The molecule has 3 heterocycles. The lowest BCUT2D eigenvalue weighted by Crippen LogP contribution is -2.30. The summed E-state index contributed by atoms with van der Waals surface area (Å²) in [6.45, 7) is 0. The summed E-state index contributed by atoms with van der Waals surface area (Å²) in [6, 6.07) is 10.2. The van der Waals surface area contributed by atoms with Crippen LogP contribution in [0.3, 0.4) is 0 Å². The first-order chi connectivity index (χ1) is 14.0. The van der Waals surface area contributed by atoms with Gasteiger partial charge in [0.1, 0.15) is 17.6 Å². The number of hydrogen-bond acceptors (Lipinski definition) is 5. The summed E-state index contributed by atoms with van der Waals surface area (Å²) in [4.78, 5) is 8.71. The third kappa shape index (κ3) is 2.87. The zero-order valence-corrected chi connectivity index (χ0v) is 15.8. The van der Waals surface area contributed by atoms with Gasteiger partial charge < -0.3 is 9.67 Å². The van der Waals surface area contributed by atoms with Gasteiger partial charge >= 0.3 is 0 Å². The predicted molar refractivity (Wildman–Crippen MR) is 104 cm³/mol. The number of halogens is 2. The van der Waals surface area contributed by atoms with Crippen LogP contribution in [0.5, 0.6) is 0 Å². The molecule has 29 heavy (non-hydrogen) atoms. The number of fused-ring (bicyclic) bond motifs is 1. The summed E-state index contributed by atoms with van der Waals surface area (Å²) in [7, 11) is 0. The van der Waals surface area contributed by atoms with Gasteiger partial charge in [0.2, 0.25) is 0 Å². The fourth-order valence-corrected chi connectivity index (χ4v) is 3.79. The molecule has 5 rings (SSSR count). The summed E-state index contributed by atoms with van der Waals surface area (Å²) in [5, 5.41) is 23.7. The number of nitriles is 1. The molecule has 0 atom stereocenters. The highest BCUT2D eigenvalue weighted by Gasteiger charge is 2.32. The smallest absolute Gasteiger partial charge is 0.162 e. The van der Waals surface area contributed by atoms with Crippen LogP contribution in [0.2, 0.25) is 5.02 Å². The van der Waals surface area contributed by atoms with Gasteiger partial charge in [0.15, 0.2) is 11.3 Å². The number of nitrogens with zero attached hydrogens (tertiary/aromatic N) is 6. The SMILES string of the molecule is N#Cc1cnc2ccc(-c3c(-c4ccc(F)c(Cl)c4)ncn3C3CC(O)C3)nn12. The molecule has 0 spiro atoms. The highest BCUT2D eigenvalue weighted by molar-refractivity contribution is 6.31. The Balaban J connectivity index is 1.72. The average Bonchev–Trinajstić information content (AvgIpc) is 3.31. The van der Waals surface area contributed by atoms with E-state index in [-0.39, 0.29) is 17.2 Å². The normalized spacial score (nSPS) is 18.6. The third-order valence-electron chi connectivity index (χ3n) is 5.19. The van der Waals surface area contributed by atoms with Crippen LogP contribution in [-0.4, -0.2) is 35.4 Å². The molecule has 1 aromatic carbocycles. The molecule has 3 aromatic heterocycles. The molecule has 1 aliphatic carbocycles. The van der Waals surface area contributed by atoms with Crippen LogP contribution < -0.4 is 0 Å². The molecule has 0 bridgehead atoms. The number of rotatable bonds is 3. The lowest BCUT2D eigenvalue weighted by Gasteiger charge is -2.33. The van der Waals surface area contributed by atoms with Crippen molar-refractivity contribution in [2.75, 3.05) is 0 Å². The summed E-state index contributed by atoms with van der Waals surface area (Å²) in [5.41, 5.74) is 3.42. The van der Waals surface area contributed by atoms with Crippen molar-refractivity contribution < 1.29 is 9.50 Å². The average molecular weight is 409 g/mol. The van der Waals surface area contributed by atoms with E-state index >= 15 is 0 Å². The maximum absolute atomic E-state index is 13.7. The van der Waals surface area contributed by atoms with Crippen LogP contribution in [0.25, 0.3) is 28.3 Å². The van der Waals surface area contributed by atoms with Crippen molar-refractivity contribution >= 4 is 17.2 Å². The first-order valence-corrected chi connectivity index (χ1v) is 9.38. The minimum Gasteiger partial charge on any atom is -0.393 e. The Kier molecular flexibility index (Phi) is 4.08. The van der Waals surface area contributed by atoms with E-state index < -0.39 is 5.82 Å². The summed E-state index contributed by atoms with van der Waals surface area (Å²) >= 11 is 5.99. The van der Waals surface area contributed by atoms with Crippen LogP contribution in [0.1, 0.15) is 24.6 Å². The van der Waals surface area contributed by atoms with E-state index in [0.717, 1.165) is 0 Å². The monoisotopic (exact) mass is 408 g/mol. The van der Waals surface area contributed by atoms with Crippen molar-refractivity contribution in [2.24, 2.45) is 0 Å². The number of aliphatic hydroxyl groups is 1. The number of benzene rings is 1. The van der Waals surface area contributed by atoms with Gasteiger partial charge in [0.05, 0.1) is 35.0 Å². The molecule has 0 saturated heterocycles. The third-order valence-corrected chi connectivity index (χ3v) is 5.48. The molecule has 0 amide bonds. The van der Waals surface area contributed by atoms with Crippen molar-refractivity contribution in [1.82, 2.24) is 24.1 Å². The van der Waals surface area contributed by atoms with E-state index in [1.54, 1.807) is 24.5 Å². The molecule has 7 nitrogen and oxygen atoms in total. The van der Waals surface area contributed by atoms with Crippen molar-refractivity contribution in [1.29, 1.82) is 5.26 Å². The predicted octanol–water partition coefficient (Wildman–Crippen LogP) is 3.62. The van der Waals surface area contributed by atoms with Gasteiger partial charge in [-0.1, -0.05) is 11.6 Å². The minimum atomic E-state index is -0.505. The van der Waals surface area contributed by atoms with Gasteiger partial charge in [-0.05, 0) is 43.2 Å². The first-order valence-electron chi connectivity index (χ1n) is 9.00. The van der Waals surface area contributed by atoms with Gasteiger partial charge in [-0.3, -0.25) is 0 Å². The Bertz CT molecular complexity index is 1280. The van der Waals surface area contributed by atoms with Crippen molar-refractivity contribution in [3.8, 4) is 28.7 Å². The van der Waals surface area contributed by atoms with Crippen molar-refractivity contribution in [3.05, 3.63) is 59.4 Å². The molecular weight excluding hydrogens is 395 g/mol. The van der Waals surface area contributed by atoms with E-state index in [4.69, 9.17) is 11.6 Å². The molecule has 0 unspecified atom stereocenters. The highest BCUT2D eigenvalue weighted by atomic mass is 35.5. The highest BCUT2D eigenvalue weighted by Crippen LogP contribution is 2.39. The van der Waals surface area contributed by atoms with E-state index in [1.807, 2.05) is 4.57 Å². The molecule has 0 radical (unpaired) electrons. The van der Waals surface area contributed by atoms with Crippen LogP contribution >= 0.6 is 11.6 Å². The van der Waals surface area contributed by atoms with Crippen LogP contribution in [0.4, 0.5) is 4.39 Å². The number of hydrogen-bond donors (Lipinski definition) is 1. The number of aromatic nitrogens is 5. The Morgan fingerprint density at radius 3 is 2.76 bits per heavy atom. The van der Waals surface area contributed by atoms with Gasteiger partial charge in [0.25, 0.3) is 0 Å². The Morgan fingerprint density at radius 2 is 2.03 bits per heavy atom. The van der Waals surface area contributed by atoms with Crippen LogP contribution in [0, 0.1) is 17.1 Å². The maximum Gasteiger partial charge on any atom is 0.162 e. The summed E-state index contributed by atoms with van der Waals surface area (Å²) in [5.74, 6) is -0.505. The van der Waals surface area contributed by atoms with E-state index in [1.165, 1.54) is 22.8 Å². The zero-order valence-electron chi connectivity index (χ0n) is 15.0. The Hall–Kier alpha value is -3.28. The van der Waals surface area contributed by atoms with E-state index in [9.17, 15) is 14.8 Å². The Labute approximate surface area is 169 Å². The number of aliphatic hydroxyl groups excluding tert-OH is 1. The molecule has 144 valence electrons. The lowest BCUT2D eigenvalue weighted by atomic mass is 9.89. The fraction of sp³-hybridized carbons (Fsp3) is 0.200. The fourth-order valence-electron chi connectivity index (χ4n) is 3.61. The quantitative estimate of drug-likeness (QED) is 0.559. The van der Waals surface area contributed by atoms with Gasteiger partial charge in [-0.2, -0.15) is 10.4 Å². The lowest BCUT2D eigenvalue weighted by molar-refractivity contribution is 0.0491. The number of imidazole rings is 2. The minimum absolute atomic E-state index is 0.00635. The summed E-state index contributed by atoms with van der Waals surface area (Å²) < 4.78 is 17.1. The zero-order chi connectivity index (χ0) is 20.1. The molecule has 1 saturated carbocycles. The molecule has 4 aromatic rings. The van der Waals surface area contributed by atoms with Crippen molar-refractivity contribution in [2.45, 2.75) is 25.0 Å². The second-order valence-corrected chi connectivity index (χ2v) is 7.41. The Morgan fingerprint density at radius 1 is 1.21 bits per heavy atom. The maximum atomic E-state index is 13.7. The van der Waals surface area contributed by atoms with Gasteiger partial charge in [-0.25, -0.2) is 18.9 Å². The second-order valence-electron chi connectivity index (χ2n) is 7.00. The standard InChI is InChI=1S/C20H14ClFN6O/c21-15-5-11(1-2-16(15)22)19-20(27(10-25-19)12-6-14(29)7-12)17-3-4-18-24-9-13(8-23)28(18)26-17/h1-5,9-10,12,14,29H,6-7H2. The van der Waals surface area contributed by atoms with E-state index in [2.05, 4.69) is 21.1 Å². The molecule has 1 aliphatic rings. The topological polar surface area (TPSA) is 92.0 Å².